The van der Waals surface area contributed by atoms with Crippen LogP contribution in [0, 0.1) is 11.6 Å². The first-order valence-corrected chi connectivity index (χ1v) is 8.32. The summed E-state index contributed by atoms with van der Waals surface area (Å²) in [5, 5.41) is 4.05. The van der Waals surface area contributed by atoms with Gasteiger partial charge in [0.05, 0.1) is 15.7 Å². The molecule has 4 nitrogen and oxygen atoms in total. The van der Waals surface area contributed by atoms with E-state index in [-0.39, 0.29) is 16.6 Å². The topological polar surface area (TPSA) is 54.9 Å². The standard InChI is InChI=1S/C17H8ClF2N3OS/c18-15-4-2-8-5-9(1-3-12(8)21-15)16(24)23-17-22-13-6-10(19)11(20)7-14(13)25-17/h1-7H,(H,22,23,24). The predicted octanol–water partition coefficient (Wildman–Crippen LogP) is 5.03. The van der Waals surface area contributed by atoms with Gasteiger partial charge in [0, 0.05) is 17.0 Å². The number of halogens is 3. The molecule has 25 heavy (non-hydrogen) atoms. The highest BCUT2D eigenvalue weighted by Gasteiger charge is 2.13. The van der Waals surface area contributed by atoms with Crippen molar-refractivity contribution in [2.75, 3.05) is 5.32 Å². The van der Waals surface area contributed by atoms with Crippen LogP contribution in [0.15, 0.2) is 42.5 Å². The lowest BCUT2D eigenvalue weighted by atomic mass is 10.1. The largest absolute Gasteiger partial charge is 0.298 e. The fourth-order valence-electron chi connectivity index (χ4n) is 2.39. The SMILES string of the molecule is O=C(Nc1nc2cc(F)c(F)cc2s1)c1ccc2nc(Cl)ccc2c1. The van der Waals surface area contributed by atoms with Crippen molar-refractivity contribution < 1.29 is 13.6 Å². The van der Waals surface area contributed by atoms with Crippen LogP contribution in [-0.2, 0) is 0 Å². The number of fused-ring (bicyclic) bond motifs is 2. The van der Waals surface area contributed by atoms with Gasteiger partial charge in [0.15, 0.2) is 16.8 Å². The maximum absolute atomic E-state index is 13.3. The zero-order valence-electron chi connectivity index (χ0n) is 12.4. The summed E-state index contributed by atoms with van der Waals surface area (Å²) in [4.78, 5) is 20.7. The van der Waals surface area contributed by atoms with E-state index < -0.39 is 11.6 Å². The summed E-state index contributed by atoms with van der Waals surface area (Å²) >= 11 is 6.91. The Bertz CT molecular complexity index is 1110. The van der Waals surface area contributed by atoms with E-state index in [1.54, 1.807) is 30.3 Å². The summed E-state index contributed by atoms with van der Waals surface area (Å²) in [6.45, 7) is 0. The molecule has 0 unspecified atom stereocenters. The second-order valence-electron chi connectivity index (χ2n) is 5.25. The van der Waals surface area contributed by atoms with Crippen LogP contribution in [0.3, 0.4) is 0 Å². The highest BCUT2D eigenvalue weighted by atomic mass is 35.5. The van der Waals surface area contributed by atoms with E-state index in [0.29, 0.717) is 20.9 Å². The van der Waals surface area contributed by atoms with E-state index in [1.165, 1.54) is 0 Å². The summed E-state index contributed by atoms with van der Waals surface area (Å²) in [6.07, 6.45) is 0. The molecule has 0 saturated heterocycles. The Labute approximate surface area is 149 Å². The number of pyridine rings is 1. The van der Waals surface area contributed by atoms with Gasteiger partial charge in [-0.05, 0) is 36.4 Å². The minimum absolute atomic E-state index is 0.263. The minimum Gasteiger partial charge on any atom is -0.298 e. The van der Waals surface area contributed by atoms with E-state index in [0.717, 1.165) is 28.9 Å². The van der Waals surface area contributed by atoms with Crippen LogP contribution in [0.4, 0.5) is 13.9 Å². The zero-order valence-corrected chi connectivity index (χ0v) is 14.0. The van der Waals surface area contributed by atoms with Gasteiger partial charge in [-0.15, -0.1) is 0 Å². The van der Waals surface area contributed by atoms with Gasteiger partial charge in [-0.3, -0.25) is 10.1 Å². The van der Waals surface area contributed by atoms with Crippen LogP contribution in [0.1, 0.15) is 10.4 Å². The molecule has 0 aliphatic heterocycles. The Kier molecular flexibility index (Phi) is 3.82. The van der Waals surface area contributed by atoms with Crippen LogP contribution in [0.25, 0.3) is 21.1 Å². The third kappa shape index (κ3) is 3.04. The van der Waals surface area contributed by atoms with E-state index in [2.05, 4.69) is 15.3 Å². The van der Waals surface area contributed by atoms with Gasteiger partial charge in [0.25, 0.3) is 5.91 Å². The number of nitrogens with one attached hydrogen (secondary N) is 1. The monoisotopic (exact) mass is 375 g/mol. The van der Waals surface area contributed by atoms with Crippen molar-refractivity contribution in [1.82, 2.24) is 9.97 Å². The number of nitrogens with zero attached hydrogens (tertiary/aromatic N) is 2. The van der Waals surface area contributed by atoms with Crippen molar-refractivity contribution in [1.29, 1.82) is 0 Å². The molecule has 2 aromatic heterocycles. The molecule has 0 fully saturated rings. The Hall–Kier alpha value is -2.64. The first-order valence-electron chi connectivity index (χ1n) is 7.13. The van der Waals surface area contributed by atoms with Gasteiger partial charge in [0.1, 0.15) is 5.15 Å². The van der Waals surface area contributed by atoms with E-state index >= 15 is 0 Å². The summed E-state index contributed by atoms with van der Waals surface area (Å²) < 4.78 is 27.0. The third-order valence-electron chi connectivity index (χ3n) is 3.57. The maximum Gasteiger partial charge on any atom is 0.257 e. The predicted molar refractivity (Wildman–Crippen MR) is 94.2 cm³/mol. The van der Waals surface area contributed by atoms with Crippen molar-refractivity contribution >= 4 is 55.1 Å². The van der Waals surface area contributed by atoms with Gasteiger partial charge >= 0.3 is 0 Å². The van der Waals surface area contributed by atoms with Gasteiger partial charge in [-0.2, -0.15) is 0 Å². The van der Waals surface area contributed by atoms with Gasteiger partial charge < -0.3 is 0 Å². The number of hydrogen-bond acceptors (Lipinski definition) is 4. The molecule has 0 radical (unpaired) electrons. The second kappa shape index (κ2) is 6.02. The molecule has 8 heteroatoms. The summed E-state index contributed by atoms with van der Waals surface area (Å²) in [7, 11) is 0. The van der Waals surface area contributed by atoms with Crippen molar-refractivity contribution in [3.8, 4) is 0 Å². The number of amides is 1. The Morgan fingerprint density at radius 3 is 2.64 bits per heavy atom. The first kappa shape index (κ1) is 15.9. The molecule has 4 rings (SSSR count). The fourth-order valence-corrected chi connectivity index (χ4v) is 3.41. The molecule has 1 amide bonds. The molecule has 0 aliphatic carbocycles. The molecular weight excluding hydrogens is 368 g/mol. The van der Waals surface area contributed by atoms with E-state index in [1.807, 2.05) is 0 Å². The lowest BCUT2D eigenvalue weighted by Gasteiger charge is -2.03. The number of benzene rings is 2. The van der Waals surface area contributed by atoms with Crippen LogP contribution >= 0.6 is 22.9 Å². The van der Waals surface area contributed by atoms with E-state index in [9.17, 15) is 13.6 Å². The molecule has 2 heterocycles. The van der Waals surface area contributed by atoms with Gasteiger partial charge in [-0.25, -0.2) is 18.7 Å². The lowest BCUT2D eigenvalue weighted by Crippen LogP contribution is -2.11. The Balaban J connectivity index is 1.64. The number of rotatable bonds is 2. The van der Waals surface area contributed by atoms with Crippen molar-refractivity contribution in [3.63, 3.8) is 0 Å². The molecular formula is C17H8ClF2N3OS. The molecule has 4 aromatic rings. The van der Waals surface area contributed by atoms with Gasteiger partial charge in [0.2, 0.25) is 0 Å². The third-order valence-corrected chi connectivity index (χ3v) is 4.71. The number of carbonyl (C=O) groups excluding carboxylic acids is 1. The molecule has 1 N–H and O–H groups in total. The highest BCUT2D eigenvalue weighted by Crippen LogP contribution is 2.28. The number of carbonyl (C=O) groups is 1. The molecule has 0 saturated carbocycles. The lowest BCUT2D eigenvalue weighted by molar-refractivity contribution is 0.102. The van der Waals surface area contributed by atoms with Crippen LogP contribution in [0.5, 0.6) is 0 Å². The van der Waals surface area contributed by atoms with Crippen LogP contribution in [-0.4, -0.2) is 15.9 Å². The normalized spacial score (nSPS) is 11.2. The summed E-state index contributed by atoms with van der Waals surface area (Å²) in [5.74, 6) is -2.30. The maximum atomic E-state index is 13.3. The second-order valence-corrected chi connectivity index (χ2v) is 6.67. The van der Waals surface area contributed by atoms with Crippen LogP contribution in [0.2, 0.25) is 5.15 Å². The average Bonchev–Trinajstić information content (AvgIpc) is 2.95. The molecule has 2 aromatic carbocycles. The number of aromatic nitrogens is 2. The number of hydrogen-bond donors (Lipinski definition) is 1. The molecule has 0 atom stereocenters. The zero-order chi connectivity index (χ0) is 17.6. The summed E-state index contributed by atoms with van der Waals surface area (Å²) in [5.41, 5.74) is 1.37. The number of thiazole rings is 1. The first-order chi connectivity index (χ1) is 12.0. The Morgan fingerprint density at radius 1 is 1.00 bits per heavy atom. The average molecular weight is 376 g/mol. The van der Waals surface area contributed by atoms with Gasteiger partial charge in [-0.1, -0.05) is 22.9 Å². The minimum atomic E-state index is -0.976. The summed E-state index contributed by atoms with van der Waals surface area (Å²) in [6, 6.07) is 10.5. The quantitative estimate of drug-likeness (QED) is 0.500. The number of anilines is 1. The highest BCUT2D eigenvalue weighted by molar-refractivity contribution is 7.22. The van der Waals surface area contributed by atoms with Crippen molar-refractivity contribution in [2.45, 2.75) is 0 Å². The molecule has 124 valence electrons. The molecule has 0 spiro atoms. The van der Waals surface area contributed by atoms with Crippen molar-refractivity contribution in [3.05, 3.63) is 64.8 Å². The van der Waals surface area contributed by atoms with Crippen LogP contribution < -0.4 is 5.32 Å². The fraction of sp³-hybridized carbons (Fsp3) is 0. The van der Waals surface area contributed by atoms with E-state index in [4.69, 9.17) is 11.6 Å². The van der Waals surface area contributed by atoms with Crippen molar-refractivity contribution in [2.24, 2.45) is 0 Å². The molecule has 0 bridgehead atoms. The molecule has 0 aliphatic rings. The Morgan fingerprint density at radius 2 is 1.80 bits per heavy atom. The smallest absolute Gasteiger partial charge is 0.257 e.